The van der Waals surface area contributed by atoms with Gasteiger partial charge in [-0.15, -0.1) is 0 Å². The molecule has 1 aromatic rings. The van der Waals surface area contributed by atoms with Gasteiger partial charge >= 0.3 is 0 Å². The van der Waals surface area contributed by atoms with Gasteiger partial charge in [-0.2, -0.15) is 5.26 Å². The average molecular weight is 268 g/mol. The molecular weight excluding hydrogens is 252 g/mol. The predicted molar refractivity (Wildman–Crippen MR) is 67.4 cm³/mol. The molecule has 0 radical (unpaired) electrons. The zero-order valence-corrected chi connectivity index (χ0v) is 11.2. The lowest BCUT2D eigenvalue weighted by Crippen LogP contribution is -2.35. The number of nitrogens with one attached hydrogen (secondary N) is 1. The third kappa shape index (κ3) is 4.11. The van der Waals surface area contributed by atoms with E-state index in [4.69, 9.17) is 10.00 Å². The molecule has 1 unspecified atom stereocenters. The van der Waals surface area contributed by atoms with Crippen LogP contribution < -0.4 is 4.72 Å². The molecular formula is C12H16N2O3S. The Morgan fingerprint density at radius 1 is 1.39 bits per heavy atom. The van der Waals surface area contributed by atoms with Crippen molar-refractivity contribution in [1.29, 1.82) is 5.26 Å². The quantitative estimate of drug-likeness (QED) is 0.837. The number of benzene rings is 1. The molecule has 0 spiro atoms. The molecule has 98 valence electrons. The summed E-state index contributed by atoms with van der Waals surface area (Å²) < 4.78 is 31.3. The lowest BCUT2D eigenvalue weighted by atomic mass is 10.2. The maximum Gasteiger partial charge on any atom is 0.240 e. The van der Waals surface area contributed by atoms with Gasteiger partial charge in [-0.05, 0) is 24.6 Å². The van der Waals surface area contributed by atoms with E-state index in [-0.39, 0.29) is 17.4 Å². The second kappa shape index (κ2) is 6.50. The van der Waals surface area contributed by atoms with Crippen molar-refractivity contribution in [2.24, 2.45) is 0 Å². The Labute approximate surface area is 107 Å². The number of ether oxygens (including phenoxy) is 1. The Morgan fingerprint density at radius 2 is 2.00 bits per heavy atom. The second-order valence-electron chi connectivity index (χ2n) is 3.96. The summed E-state index contributed by atoms with van der Waals surface area (Å²) in [7, 11) is -2.01. The number of nitrogens with zero attached hydrogens (tertiary/aromatic N) is 1. The summed E-state index contributed by atoms with van der Waals surface area (Å²) in [6.07, 6.45) is 0.272. The largest absolute Gasteiger partial charge is 0.383 e. The van der Waals surface area contributed by atoms with Crippen LogP contribution in [-0.4, -0.2) is 28.2 Å². The van der Waals surface area contributed by atoms with Crippen LogP contribution in [0.5, 0.6) is 0 Å². The fourth-order valence-corrected chi connectivity index (χ4v) is 2.72. The Morgan fingerprint density at radius 3 is 2.50 bits per heavy atom. The van der Waals surface area contributed by atoms with Gasteiger partial charge in [0.25, 0.3) is 0 Å². The van der Waals surface area contributed by atoms with Crippen LogP contribution in [-0.2, 0) is 21.2 Å². The average Bonchev–Trinajstić information content (AvgIpc) is 2.29. The lowest BCUT2D eigenvalue weighted by Gasteiger charge is -2.13. The van der Waals surface area contributed by atoms with Gasteiger partial charge in [0.2, 0.25) is 10.0 Å². The standard InChI is InChI=1S/C12H16N2O3S/c1-10(9-17-2)14-18(15,16)12-5-3-11(4-6-12)7-8-13/h3-6,10,14H,7,9H2,1-2H3. The fourth-order valence-electron chi connectivity index (χ4n) is 1.49. The zero-order valence-electron chi connectivity index (χ0n) is 10.4. The van der Waals surface area contributed by atoms with Gasteiger partial charge < -0.3 is 4.74 Å². The van der Waals surface area contributed by atoms with Gasteiger partial charge in [0.15, 0.2) is 0 Å². The Balaban J connectivity index is 2.82. The number of methoxy groups -OCH3 is 1. The van der Waals surface area contributed by atoms with Crippen LogP contribution >= 0.6 is 0 Å². The number of rotatable bonds is 6. The first-order valence-electron chi connectivity index (χ1n) is 5.46. The van der Waals surface area contributed by atoms with Crippen LogP contribution in [0.15, 0.2) is 29.2 Å². The van der Waals surface area contributed by atoms with Crippen molar-refractivity contribution < 1.29 is 13.2 Å². The van der Waals surface area contributed by atoms with Crippen LogP contribution in [0.1, 0.15) is 12.5 Å². The van der Waals surface area contributed by atoms with Crippen molar-refractivity contribution >= 4 is 10.0 Å². The minimum Gasteiger partial charge on any atom is -0.383 e. The first kappa shape index (κ1) is 14.6. The van der Waals surface area contributed by atoms with E-state index in [0.717, 1.165) is 5.56 Å². The van der Waals surface area contributed by atoms with E-state index in [0.29, 0.717) is 6.61 Å². The minimum absolute atomic E-state index is 0.187. The summed E-state index contributed by atoms with van der Waals surface area (Å²) in [5.41, 5.74) is 0.793. The van der Waals surface area contributed by atoms with Gasteiger partial charge in [-0.1, -0.05) is 12.1 Å². The number of nitriles is 1. The highest BCUT2D eigenvalue weighted by Crippen LogP contribution is 2.11. The maximum atomic E-state index is 12.0. The normalized spacial score (nSPS) is 12.9. The molecule has 5 nitrogen and oxygen atoms in total. The van der Waals surface area contributed by atoms with E-state index >= 15 is 0 Å². The fraction of sp³-hybridized carbons (Fsp3) is 0.417. The molecule has 1 aromatic carbocycles. The molecule has 0 aliphatic carbocycles. The smallest absolute Gasteiger partial charge is 0.240 e. The number of hydrogen-bond acceptors (Lipinski definition) is 4. The molecule has 0 aliphatic heterocycles. The molecule has 6 heteroatoms. The third-order valence-electron chi connectivity index (χ3n) is 2.29. The Kier molecular flexibility index (Phi) is 5.28. The molecule has 0 aromatic heterocycles. The van der Waals surface area contributed by atoms with Gasteiger partial charge in [-0.3, -0.25) is 0 Å². The Hall–Kier alpha value is -1.42. The van der Waals surface area contributed by atoms with E-state index in [2.05, 4.69) is 4.72 Å². The van der Waals surface area contributed by atoms with Gasteiger partial charge in [0.05, 0.1) is 24.0 Å². The molecule has 0 aliphatic rings. The van der Waals surface area contributed by atoms with Gasteiger partial charge in [-0.25, -0.2) is 13.1 Å². The van der Waals surface area contributed by atoms with E-state index in [1.165, 1.54) is 19.2 Å². The lowest BCUT2D eigenvalue weighted by molar-refractivity contribution is 0.180. The number of hydrogen-bond donors (Lipinski definition) is 1. The van der Waals surface area contributed by atoms with Crippen molar-refractivity contribution in [3.05, 3.63) is 29.8 Å². The van der Waals surface area contributed by atoms with Gasteiger partial charge in [0, 0.05) is 13.2 Å². The van der Waals surface area contributed by atoms with Crippen LogP contribution in [0, 0.1) is 11.3 Å². The third-order valence-corrected chi connectivity index (χ3v) is 3.90. The van der Waals surface area contributed by atoms with E-state index in [1.807, 2.05) is 6.07 Å². The molecule has 1 rings (SSSR count). The molecule has 0 saturated carbocycles. The van der Waals surface area contributed by atoms with Crippen LogP contribution in [0.4, 0.5) is 0 Å². The molecule has 0 heterocycles. The summed E-state index contributed by atoms with van der Waals surface area (Å²) in [5, 5.41) is 8.53. The number of sulfonamides is 1. The van der Waals surface area contributed by atoms with Crippen molar-refractivity contribution in [2.45, 2.75) is 24.3 Å². The summed E-state index contributed by atoms with van der Waals surface area (Å²) in [6.45, 7) is 2.04. The van der Waals surface area contributed by atoms with Crippen LogP contribution in [0.3, 0.4) is 0 Å². The van der Waals surface area contributed by atoms with Crippen LogP contribution in [0.25, 0.3) is 0 Å². The van der Waals surface area contributed by atoms with E-state index < -0.39 is 10.0 Å². The molecule has 1 atom stereocenters. The van der Waals surface area contributed by atoms with Crippen molar-refractivity contribution in [2.75, 3.05) is 13.7 Å². The summed E-state index contributed by atoms with van der Waals surface area (Å²) in [5.74, 6) is 0. The topological polar surface area (TPSA) is 79.2 Å². The van der Waals surface area contributed by atoms with Crippen molar-refractivity contribution in [3.8, 4) is 6.07 Å². The highest BCUT2D eigenvalue weighted by Gasteiger charge is 2.16. The molecule has 1 N–H and O–H groups in total. The molecule has 0 saturated heterocycles. The molecule has 0 bridgehead atoms. The van der Waals surface area contributed by atoms with Crippen molar-refractivity contribution in [3.63, 3.8) is 0 Å². The summed E-state index contributed by atoms with van der Waals surface area (Å²) in [6, 6.07) is 7.98. The first-order chi connectivity index (χ1) is 8.49. The highest BCUT2D eigenvalue weighted by atomic mass is 32.2. The minimum atomic E-state index is -3.53. The van der Waals surface area contributed by atoms with Crippen LogP contribution in [0.2, 0.25) is 0 Å². The predicted octanol–water partition coefficient (Wildman–Crippen LogP) is 1.07. The molecule has 0 fully saturated rings. The summed E-state index contributed by atoms with van der Waals surface area (Å²) >= 11 is 0. The van der Waals surface area contributed by atoms with E-state index in [9.17, 15) is 8.42 Å². The Bertz CT molecular complexity index is 517. The maximum absolute atomic E-state index is 12.0. The highest BCUT2D eigenvalue weighted by molar-refractivity contribution is 7.89. The van der Waals surface area contributed by atoms with E-state index in [1.54, 1.807) is 19.1 Å². The first-order valence-corrected chi connectivity index (χ1v) is 6.95. The molecule has 18 heavy (non-hydrogen) atoms. The monoisotopic (exact) mass is 268 g/mol. The SMILES string of the molecule is COCC(C)NS(=O)(=O)c1ccc(CC#N)cc1. The second-order valence-corrected chi connectivity index (χ2v) is 5.67. The molecule has 0 amide bonds. The zero-order chi connectivity index (χ0) is 13.6. The summed E-state index contributed by atoms with van der Waals surface area (Å²) in [4.78, 5) is 0.187. The van der Waals surface area contributed by atoms with Gasteiger partial charge in [0.1, 0.15) is 0 Å². The van der Waals surface area contributed by atoms with Crippen molar-refractivity contribution in [1.82, 2.24) is 4.72 Å².